The molecule has 3 rings (SSSR count). The molecule has 5 nitrogen and oxygen atoms in total. The van der Waals surface area contributed by atoms with Gasteiger partial charge in [0.1, 0.15) is 11.5 Å². The molecule has 2 aromatic carbocycles. The highest BCUT2D eigenvalue weighted by atomic mass is 79.9. The molecule has 0 spiro atoms. The fourth-order valence-electron chi connectivity index (χ4n) is 2.24. The summed E-state index contributed by atoms with van der Waals surface area (Å²) in [6.07, 6.45) is 1.49. The number of phenols is 1. The molecule has 0 radical (unpaired) electrons. The molecule has 0 saturated carbocycles. The lowest BCUT2D eigenvalue weighted by Gasteiger charge is -2.10. The second-order valence-corrected chi connectivity index (χ2v) is 9.01. The zero-order chi connectivity index (χ0) is 18.4. The molecule has 0 unspecified atom stereocenters. The van der Waals surface area contributed by atoms with Crippen LogP contribution < -0.4 is 10.2 Å². The van der Waals surface area contributed by atoms with Crippen LogP contribution in [0.2, 0.25) is 0 Å². The molecule has 8 heteroatoms. The van der Waals surface area contributed by atoms with E-state index in [0.29, 0.717) is 14.8 Å². The van der Waals surface area contributed by atoms with Gasteiger partial charge in [0.05, 0.1) is 15.3 Å². The lowest BCUT2D eigenvalue weighted by Crippen LogP contribution is -2.24. The van der Waals surface area contributed by atoms with E-state index in [1.165, 1.54) is 23.3 Å². The van der Waals surface area contributed by atoms with Gasteiger partial charge in [0.25, 0.3) is 5.91 Å². The molecule has 1 amide bonds. The van der Waals surface area contributed by atoms with Crippen molar-refractivity contribution in [2.75, 3.05) is 18.1 Å². The Hall–Kier alpha value is -1.64. The first kappa shape index (κ1) is 19.1. The number of hydrogen-bond acceptors (Lipinski definition) is 6. The molecule has 1 heterocycles. The largest absolute Gasteiger partial charge is 0.507 e. The Labute approximate surface area is 168 Å². The maximum Gasteiger partial charge on any atom is 0.277 e. The summed E-state index contributed by atoms with van der Waals surface area (Å²) < 4.78 is 6.55. The number of benzene rings is 2. The maximum absolute atomic E-state index is 11.8. The number of amides is 1. The van der Waals surface area contributed by atoms with Crippen LogP contribution >= 0.6 is 39.5 Å². The van der Waals surface area contributed by atoms with Crippen LogP contribution in [-0.4, -0.2) is 35.3 Å². The standard InChI is InChI=1S/C18H17BrN2O3S2/c19-15-9-12(1-6-16(15)22)10-20-21-17(23)11-24-14-4-2-13(3-5-14)18-25-7-8-26-18/h1-6,9-10,18,22H,7-8,11H2,(H,21,23)/b20-10-. The highest BCUT2D eigenvalue weighted by molar-refractivity contribution is 9.10. The van der Waals surface area contributed by atoms with Crippen molar-refractivity contribution in [3.05, 3.63) is 58.1 Å². The quantitative estimate of drug-likeness (QED) is 0.508. The van der Waals surface area contributed by atoms with Gasteiger partial charge in [-0.3, -0.25) is 4.79 Å². The molecule has 1 aliphatic rings. The molecule has 0 bridgehead atoms. The predicted molar refractivity (Wildman–Crippen MR) is 111 cm³/mol. The van der Waals surface area contributed by atoms with E-state index in [9.17, 15) is 9.90 Å². The lowest BCUT2D eigenvalue weighted by molar-refractivity contribution is -0.123. The Morgan fingerprint density at radius 2 is 2.00 bits per heavy atom. The van der Waals surface area contributed by atoms with Crippen LogP contribution in [0.5, 0.6) is 11.5 Å². The number of rotatable bonds is 6. The van der Waals surface area contributed by atoms with Crippen LogP contribution in [-0.2, 0) is 4.79 Å². The van der Waals surface area contributed by atoms with Crippen molar-refractivity contribution in [2.45, 2.75) is 4.58 Å². The molecule has 136 valence electrons. The van der Waals surface area contributed by atoms with E-state index in [2.05, 4.69) is 26.5 Å². The van der Waals surface area contributed by atoms with Gasteiger partial charge in [-0.25, -0.2) is 5.43 Å². The number of hydrazone groups is 1. The highest BCUT2D eigenvalue weighted by Crippen LogP contribution is 2.45. The van der Waals surface area contributed by atoms with Gasteiger partial charge in [0.2, 0.25) is 0 Å². The summed E-state index contributed by atoms with van der Waals surface area (Å²) in [5, 5.41) is 13.3. The first-order valence-corrected chi connectivity index (χ1v) is 10.8. The number of ether oxygens (including phenoxy) is 1. The molecule has 0 atom stereocenters. The number of halogens is 1. The summed E-state index contributed by atoms with van der Waals surface area (Å²) >= 11 is 7.13. The molecule has 2 N–H and O–H groups in total. The molecule has 2 aromatic rings. The first-order valence-electron chi connectivity index (χ1n) is 7.88. The summed E-state index contributed by atoms with van der Waals surface area (Å²) in [6.45, 7) is -0.108. The third-order valence-electron chi connectivity index (χ3n) is 3.52. The number of phenolic OH excluding ortho intramolecular Hbond substituents is 1. The molecule has 1 saturated heterocycles. The molecular formula is C18H17BrN2O3S2. The Balaban J connectivity index is 1.44. The Bertz CT molecular complexity index is 794. The number of nitrogens with zero attached hydrogens (tertiary/aromatic N) is 1. The van der Waals surface area contributed by atoms with Crippen molar-refractivity contribution in [3.8, 4) is 11.5 Å². The zero-order valence-electron chi connectivity index (χ0n) is 13.7. The normalized spacial score (nSPS) is 14.7. The number of carbonyl (C=O) groups excluding carboxylic acids is 1. The van der Waals surface area contributed by atoms with Crippen LogP contribution in [0.15, 0.2) is 52.0 Å². The number of nitrogens with one attached hydrogen (secondary N) is 1. The van der Waals surface area contributed by atoms with Crippen molar-refractivity contribution in [1.82, 2.24) is 5.43 Å². The van der Waals surface area contributed by atoms with Gasteiger partial charge in [-0.15, -0.1) is 23.5 Å². The third-order valence-corrected chi connectivity index (χ3v) is 7.26. The summed E-state index contributed by atoms with van der Waals surface area (Å²) in [5.74, 6) is 2.84. The van der Waals surface area contributed by atoms with Crippen LogP contribution in [0.25, 0.3) is 0 Å². The Morgan fingerprint density at radius 3 is 2.69 bits per heavy atom. The second kappa shape index (κ2) is 9.34. The van der Waals surface area contributed by atoms with Crippen molar-refractivity contribution >= 4 is 51.6 Å². The molecular weight excluding hydrogens is 436 g/mol. The summed E-state index contributed by atoms with van der Waals surface area (Å²) in [6, 6.07) is 12.8. The lowest BCUT2D eigenvalue weighted by atomic mass is 10.2. The van der Waals surface area contributed by atoms with Gasteiger partial charge in [0.15, 0.2) is 6.61 Å². The smallest absolute Gasteiger partial charge is 0.277 e. The third kappa shape index (κ3) is 5.43. The molecule has 1 fully saturated rings. The topological polar surface area (TPSA) is 70.9 Å². The Kier molecular flexibility index (Phi) is 6.87. The SMILES string of the molecule is O=C(COc1ccc(C2SCCS2)cc1)N/N=C\c1ccc(O)c(Br)c1. The van der Waals surface area contributed by atoms with Gasteiger partial charge >= 0.3 is 0 Å². The zero-order valence-corrected chi connectivity index (χ0v) is 16.9. The van der Waals surface area contributed by atoms with E-state index in [1.807, 2.05) is 47.8 Å². The second-order valence-electron chi connectivity index (χ2n) is 5.44. The van der Waals surface area contributed by atoms with E-state index in [-0.39, 0.29) is 18.3 Å². The van der Waals surface area contributed by atoms with Gasteiger partial charge in [-0.2, -0.15) is 5.10 Å². The van der Waals surface area contributed by atoms with Gasteiger partial charge in [-0.1, -0.05) is 12.1 Å². The van der Waals surface area contributed by atoms with Crippen LogP contribution in [0, 0.1) is 0 Å². The van der Waals surface area contributed by atoms with Gasteiger partial charge in [0, 0.05) is 11.5 Å². The molecule has 26 heavy (non-hydrogen) atoms. The monoisotopic (exact) mass is 452 g/mol. The van der Waals surface area contributed by atoms with Gasteiger partial charge in [-0.05, 0) is 57.4 Å². The Morgan fingerprint density at radius 1 is 1.27 bits per heavy atom. The number of aromatic hydroxyl groups is 1. The van der Waals surface area contributed by atoms with Gasteiger partial charge < -0.3 is 9.84 Å². The predicted octanol–water partition coefficient (Wildman–Crippen LogP) is 4.16. The fraction of sp³-hybridized carbons (Fsp3) is 0.222. The maximum atomic E-state index is 11.8. The fourth-order valence-corrected chi connectivity index (χ4v) is 5.49. The summed E-state index contributed by atoms with van der Waals surface area (Å²) in [7, 11) is 0. The van der Waals surface area contributed by atoms with E-state index in [4.69, 9.17) is 4.74 Å². The number of carbonyl (C=O) groups is 1. The highest BCUT2D eigenvalue weighted by Gasteiger charge is 2.17. The van der Waals surface area contributed by atoms with Crippen molar-refractivity contribution in [2.24, 2.45) is 5.10 Å². The van der Waals surface area contributed by atoms with Crippen molar-refractivity contribution in [3.63, 3.8) is 0 Å². The summed E-state index contributed by atoms with van der Waals surface area (Å²) in [5.41, 5.74) is 4.43. The number of hydrogen-bond donors (Lipinski definition) is 2. The van der Waals surface area contributed by atoms with E-state index < -0.39 is 0 Å². The van der Waals surface area contributed by atoms with E-state index in [1.54, 1.807) is 18.2 Å². The summed E-state index contributed by atoms with van der Waals surface area (Å²) in [4.78, 5) is 11.8. The average molecular weight is 453 g/mol. The molecule has 0 aromatic heterocycles. The van der Waals surface area contributed by atoms with Crippen LogP contribution in [0.1, 0.15) is 15.7 Å². The van der Waals surface area contributed by atoms with E-state index >= 15 is 0 Å². The molecule has 1 aliphatic heterocycles. The minimum Gasteiger partial charge on any atom is -0.507 e. The van der Waals surface area contributed by atoms with Crippen molar-refractivity contribution in [1.29, 1.82) is 0 Å². The molecule has 0 aliphatic carbocycles. The minimum absolute atomic E-state index is 0.108. The first-order chi connectivity index (χ1) is 12.6. The van der Waals surface area contributed by atoms with E-state index in [0.717, 1.165) is 5.56 Å². The average Bonchev–Trinajstić information content (AvgIpc) is 3.18. The van der Waals surface area contributed by atoms with Crippen LogP contribution in [0.4, 0.5) is 0 Å². The van der Waals surface area contributed by atoms with Crippen molar-refractivity contribution < 1.29 is 14.6 Å². The van der Waals surface area contributed by atoms with Crippen LogP contribution in [0.3, 0.4) is 0 Å². The number of thioether (sulfide) groups is 2. The minimum atomic E-state index is -0.343.